The van der Waals surface area contributed by atoms with Crippen molar-refractivity contribution in [3.8, 4) is 33.9 Å². The molecule has 0 amide bonds. The predicted octanol–water partition coefficient (Wildman–Crippen LogP) is 12.7. The van der Waals surface area contributed by atoms with Gasteiger partial charge in [-0.25, -0.2) is 15.0 Å². The molecular formula is C48H39N3. The van der Waals surface area contributed by atoms with Crippen LogP contribution in [-0.4, -0.2) is 15.0 Å². The minimum absolute atomic E-state index is 0.688. The Morgan fingerprint density at radius 2 is 1.29 bits per heavy atom. The zero-order chi connectivity index (χ0) is 35.1. The van der Waals surface area contributed by atoms with Gasteiger partial charge in [-0.2, -0.15) is 0 Å². The van der Waals surface area contributed by atoms with Gasteiger partial charge in [-0.3, -0.25) is 0 Å². The van der Waals surface area contributed by atoms with E-state index in [9.17, 15) is 0 Å². The first-order chi connectivity index (χ1) is 24.9. The van der Waals surface area contributed by atoms with Gasteiger partial charge in [0.25, 0.3) is 0 Å². The summed E-state index contributed by atoms with van der Waals surface area (Å²) in [4.78, 5) is 15.8. The van der Waals surface area contributed by atoms with Crippen LogP contribution >= 0.6 is 0 Å². The fraction of sp³-hybridized carbons (Fsp3) is 0.104. The van der Waals surface area contributed by atoms with Gasteiger partial charge < -0.3 is 0 Å². The molecular weight excluding hydrogens is 619 g/mol. The second kappa shape index (κ2) is 13.3. The maximum Gasteiger partial charge on any atom is 0.160 e. The Bertz CT molecular complexity index is 2670. The van der Waals surface area contributed by atoms with E-state index >= 15 is 0 Å². The third-order valence-corrected chi connectivity index (χ3v) is 9.99. The predicted molar refractivity (Wildman–Crippen MR) is 217 cm³/mol. The number of benzene rings is 6. The van der Waals surface area contributed by atoms with Gasteiger partial charge in [0.2, 0.25) is 0 Å². The van der Waals surface area contributed by atoms with Gasteiger partial charge in [0.1, 0.15) is 0 Å². The highest BCUT2D eigenvalue weighted by Crippen LogP contribution is 2.39. The van der Waals surface area contributed by atoms with E-state index in [0.717, 1.165) is 50.2 Å². The number of hydrogen-bond donors (Lipinski definition) is 0. The summed E-state index contributed by atoms with van der Waals surface area (Å²) < 4.78 is 0. The number of pyridine rings is 1. The molecule has 2 heterocycles. The van der Waals surface area contributed by atoms with Gasteiger partial charge in [0.05, 0.1) is 22.6 Å². The van der Waals surface area contributed by atoms with Gasteiger partial charge >= 0.3 is 0 Å². The summed E-state index contributed by atoms with van der Waals surface area (Å²) in [6.45, 7) is 10.7. The minimum atomic E-state index is 0.688. The van der Waals surface area contributed by atoms with Crippen molar-refractivity contribution >= 4 is 44.1 Å². The van der Waals surface area contributed by atoms with E-state index in [-0.39, 0.29) is 0 Å². The summed E-state index contributed by atoms with van der Waals surface area (Å²) in [5.74, 6) is 0.688. The molecule has 0 atom stereocenters. The minimum Gasteiger partial charge on any atom is -0.247 e. The highest BCUT2D eigenvalue weighted by atomic mass is 14.9. The molecule has 3 heteroatoms. The van der Waals surface area contributed by atoms with E-state index in [4.69, 9.17) is 15.0 Å². The zero-order valence-electron chi connectivity index (χ0n) is 29.7. The van der Waals surface area contributed by atoms with E-state index in [1.54, 1.807) is 0 Å². The number of allylic oxidation sites excluding steroid dienone is 2. The average Bonchev–Trinajstić information content (AvgIpc) is 3.16. The van der Waals surface area contributed by atoms with Gasteiger partial charge in [0, 0.05) is 38.4 Å². The lowest BCUT2D eigenvalue weighted by Gasteiger charge is -2.16. The Labute approximate surface area is 299 Å². The Morgan fingerprint density at radius 1 is 0.569 bits per heavy atom. The highest BCUT2D eigenvalue weighted by Gasteiger charge is 2.18. The third-order valence-electron chi connectivity index (χ3n) is 9.99. The molecule has 0 aliphatic rings. The van der Waals surface area contributed by atoms with Gasteiger partial charge in [0.15, 0.2) is 5.82 Å². The summed E-state index contributed by atoms with van der Waals surface area (Å²) >= 11 is 0. The molecule has 246 valence electrons. The molecule has 8 rings (SSSR count). The molecule has 0 aliphatic heterocycles. The van der Waals surface area contributed by atoms with Gasteiger partial charge in [-0.15, -0.1) is 0 Å². The van der Waals surface area contributed by atoms with Crippen LogP contribution in [0.5, 0.6) is 0 Å². The lowest BCUT2D eigenvalue weighted by molar-refractivity contribution is 1.15. The summed E-state index contributed by atoms with van der Waals surface area (Å²) in [5, 5.41) is 5.96. The van der Waals surface area contributed by atoms with Crippen LogP contribution in [0.2, 0.25) is 0 Å². The molecule has 0 radical (unpaired) electrons. The Hall–Kier alpha value is -6.19. The monoisotopic (exact) mass is 657 g/mol. The molecule has 0 saturated carbocycles. The second-order valence-corrected chi connectivity index (χ2v) is 13.2. The summed E-state index contributed by atoms with van der Waals surface area (Å²) in [5.41, 5.74) is 14.1. The van der Waals surface area contributed by atoms with Crippen LogP contribution in [0, 0.1) is 20.8 Å². The molecule has 0 saturated heterocycles. The zero-order valence-corrected chi connectivity index (χ0v) is 29.7. The Kier molecular flexibility index (Phi) is 8.33. The van der Waals surface area contributed by atoms with Crippen molar-refractivity contribution < 1.29 is 0 Å². The quantitative estimate of drug-likeness (QED) is 0.167. The van der Waals surface area contributed by atoms with Gasteiger partial charge in [-0.1, -0.05) is 133 Å². The maximum absolute atomic E-state index is 5.28. The maximum atomic E-state index is 5.28. The topological polar surface area (TPSA) is 38.7 Å². The van der Waals surface area contributed by atoms with Crippen molar-refractivity contribution in [1.82, 2.24) is 15.0 Å². The number of aryl methyl sites for hydroxylation is 3. The Balaban J connectivity index is 1.31. The van der Waals surface area contributed by atoms with Crippen molar-refractivity contribution in [3.63, 3.8) is 0 Å². The molecule has 0 bridgehead atoms. The van der Waals surface area contributed by atoms with Crippen LogP contribution in [0.4, 0.5) is 0 Å². The van der Waals surface area contributed by atoms with Crippen molar-refractivity contribution in [1.29, 1.82) is 0 Å². The normalized spacial score (nSPS) is 12.1. The van der Waals surface area contributed by atoms with Crippen molar-refractivity contribution in [2.45, 2.75) is 34.6 Å². The molecule has 6 aromatic carbocycles. The molecule has 0 fully saturated rings. The number of rotatable bonds is 6. The summed E-state index contributed by atoms with van der Waals surface area (Å²) in [6.07, 6.45) is 6.51. The molecule has 3 nitrogen and oxygen atoms in total. The van der Waals surface area contributed by atoms with Crippen LogP contribution in [0.15, 0.2) is 140 Å². The molecule has 0 spiro atoms. The van der Waals surface area contributed by atoms with E-state index in [1.807, 2.05) is 0 Å². The van der Waals surface area contributed by atoms with Crippen molar-refractivity contribution in [3.05, 3.63) is 173 Å². The standard InChI is InChI=1S/C48H39N3/c1-6-14-38-31(4)23-28-41-46(38)45-32(5)16-12-22-42(45)49-47(41)34-24-26-35(27-25-34)48-50-43(36(7-2)37-19-10-8-15-30(37)3)29-44(51-48)40-21-13-18-33-17-9-11-20-39(33)40/h6-29H,1-5H3/b14-6-,36-7+. The smallest absolute Gasteiger partial charge is 0.160 e. The van der Waals surface area contributed by atoms with Crippen LogP contribution < -0.4 is 0 Å². The first kappa shape index (κ1) is 32.0. The van der Waals surface area contributed by atoms with E-state index in [1.165, 1.54) is 49.4 Å². The number of fused-ring (bicyclic) bond motifs is 4. The molecule has 51 heavy (non-hydrogen) atoms. The number of hydrogen-bond acceptors (Lipinski definition) is 3. The van der Waals surface area contributed by atoms with Gasteiger partial charge in [-0.05, 0) is 85.3 Å². The van der Waals surface area contributed by atoms with E-state index in [2.05, 4.69) is 180 Å². The number of aromatic nitrogens is 3. The van der Waals surface area contributed by atoms with E-state index < -0.39 is 0 Å². The average molecular weight is 658 g/mol. The van der Waals surface area contributed by atoms with E-state index in [0.29, 0.717) is 5.82 Å². The molecule has 0 N–H and O–H groups in total. The third kappa shape index (κ3) is 5.71. The molecule has 0 aliphatic carbocycles. The first-order valence-corrected chi connectivity index (χ1v) is 17.6. The first-order valence-electron chi connectivity index (χ1n) is 17.6. The molecule has 2 aromatic heterocycles. The van der Waals surface area contributed by atoms with Crippen LogP contribution in [-0.2, 0) is 0 Å². The SMILES string of the molecule is C/C=C\c1c(C)ccc2c(-c3ccc(-c4nc(/C(=C/C)c5ccccc5C)cc(-c5cccc6ccccc56)n4)cc3)nc3cccc(C)c3c12. The van der Waals surface area contributed by atoms with Crippen LogP contribution in [0.25, 0.3) is 78.0 Å². The molecule has 0 unspecified atom stereocenters. The van der Waals surface area contributed by atoms with Crippen LogP contribution in [0.3, 0.4) is 0 Å². The summed E-state index contributed by atoms with van der Waals surface area (Å²) in [6, 6.07) is 45.0. The van der Waals surface area contributed by atoms with Crippen molar-refractivity contribution in [2.75, 3.05) is 0 Å². The van der Waals surface area contributed by atoms with Crippen LogP contribution in [0.1, 0.15) is 47.4 Å². The lowest BCUT2D eigenvalue weighted by Crippen LogP contribution is -2.01. The fourth-order valence-corrected chi connectivity index (χ4v) is 7.44. The molecule has 8 aromatic rings. The Morgan fingerprint density at radius 3 is 2.10 bits per heavy atom. The summed E-state index contributed by atoms with van der Waals surface area (Å²) in [7, 11) is 0. The highest BCUT2D eigenvalue weighted by molar-refractivity contribution is 6.15. The largest absolute Gasteiger partial charge is 0.247 e. The number of nitrogens with zero attached hydrogens (tertiary/aromatic N) is 3. The second-order valence-electron chi connectivity index (χ2n) is 13.2. The van der Waals surface area contributed by atoms with Crippen molar-refractivity contribution in [2.24, 2.45) is 0 Å². The fourth-order valence-electron chi connectivity index (χ4n) is 7.44. The lowest BCUT2D eigenvalue weighted by atomic mass is 9.91.